The fraction of sp³-hybridized carbons (Fsp3) is 0.385. The van der Waals surface area contributed by atoms with Crippen molar-refractivity contribution in [3.63, 3.8) is 0 Å². The molecule has 0 aliphatic rings. The first-order valence-corrected chi connectivity index (χ1v) is 6.44. The molecule has 3 N–H and O–H groups in total. The van der Waals surface area contributed by atoms with E-state index in [2.05, 4.69) is 5.32 Å². The van der Waals surface area contributed by atoms with Gasteiger partial charge in [-0.15, -0.1) is 0 Å². The van der Waals surface area contributed by atoms with Crippen LogP contribution in [-0.2, 0) is 4.79 Å². The van der Waals surface area contributed by atoms with E-state index in [1.165, 1.54) is 0 Å². The maximum atomic E-state index is 13.5. The van der Waals surface area contributed by atoms with Gasteiger partial charge in [-0.2, -0.15) is 0 Å². The average Bonchev–Trinajstić information content (AvgIpc) is 2.31. The Morgan fingerprint density at radius 2 is 1.81 bits per heavy atom. The van der Waals surface area contributed by atoms with E-state index in [1.54, 1.807) is 13.8 Å². The quantitative estimate of drug-likeness (QED) is 0.778. The number of amides is 2. The van der Waals surface area contributed by atoms with E-state index in [-0.39, 0.29) is 17.9 Å². The van der Waals surface area contributed by atoms with Crippen LogP contribution in [0.4, 0.5) is 19.3 Å². The Hall–Kier alpha value is -1.89. The van der Waals surface area contributed by atoms with E-state index in [4.69, 9.17) is 16.7 Å². The summed E-state index contributed by atoms with van der Waals surface area (Å²) in [6.07, 6.45) is 0.0261. The number of aliphatic carboxylic acids is 1. The summed E-state index contributed by atoms with van der Waals surface area (Å²) in [6.45, 7) is 3.20. The highest BCUT2D eigenvalue weighted by Crippen LogP contribution is 2.23. The molecule has 0 unspecified atom stereocenters. The molecule has 2 amide bonds. The van der Waals surface area contributed by atoms with Crippen LogP contribution in [-0.4, -0.2) is 22.6 Å². The number of halogens is 3. The Balaban J connectivity index is 2.72. The Labute approximate surface area is 125 Å². The van der Waals surface area contributed by atoms with Crippen molar-refractivity contribution in [2.24, 2.45) is 0 Å². The third-order valence-electron chi connectivity index (χ3n) is 2.66. The maximum absolute atomic E-state index is 13.5. The van der Waals surface area contributed by atoms with Gasteiger partial charge in [0, 0.05) is 17.0 Å². The Morgan fingerprint density at radius 3 is 2.29 bits per heavy atom. The molecule has 1 aromatic carbocycles. The first kappa shape index (κ1) is 17.2. The van der Waals surface area contributed by atoms with Crippen molar-refractivity contribution in [1.82, 2.24) is 5.32 Å². The van der Waals surface area contributed by atoms with Crippen LogP contribution in [0.15, 0.2) is 12.1 Å². The van der Waals surface area contributed by atoms with Crippen molar-refractivity contribution >= 4 is 29.3 Å². The number of nitrogens with one attached hydrogen (secondary N) is 2. The first-order valence-electron chi connectivity index (χ1n) is 6.06. The third-order valence-corrected chi connectivity index (χ3v) is 2.88. The number of carboxylic acid groups (broad SMARTS) is 1. The summed E-state index contributed by atoms with van der Waals surface area (Å²) in [5.41, 5.74) is -1.46. The minimum atomic E-state index is -1.00. The maximum Gasteiger partial charge on any atom is 0.319 e. The molecule has 0 heterocycles. The van der Waals surface area contributed by atoms with Crippen LogP contribution in [0.2, 0.25) is 5.02 Å². The fourth-order valence-electron chi connectivity index (χ4n) is 1.60. The summed E-state index contributed by atoms with van der Waals surface area (Å²) in [5, 5.41) is 13.0. The van der Waals surface area contributed by atoms with Crippen molar-refractivity contribution in [2.75, 3.05) is 5.32 Å². The highest BCUT2D eigenvalue weighted by molar-refractivity contribution is 6.30. The zero-order valence-electron chi connectivity index (χ0n) is 11.5. The second-order valence-corrected chi connectivity index (χ2v) is 5.54. The SMILES string of the molecule is CC(C)(CCC(=O)O)NC(=O)Nc1c(F)cc(Cl)cc1F. The molecule has 1 rings (SSSR count). The standard InChI is InChI=1S/C13H15ClF2N2O3/c1-13(2,4-3-10(19)20)18-12(21)17-11-8(15)5-7(14)6-9(11)16/h5-6H,3-4H2,1-2H3,(H,19,20)(H2,17,18,21). The molecule has 0 fully saturated rings. The van der Waals surface area contributed by atoms with Gasteiger partial charge in [0.25, 0.3) is 0 Å². The monoisotopic (exact) mass is 320 g/mol. The van der Waals surface area contributed by atoms with Gasteiger partial charge in [0.2, 0.25) is 0 Å². The lowest BCUT2D eigenvalue weighted by atomic mass is 9.99. The zero-order chi connectivity index (χ0) is 16.2. The molecule has 5 nitrogen and oxygen atoms in total. The largest absolute Gasteiger partial charge is 0.481 e. The fourth-order valence-corrected chi connectivity index (χ4v) is 1.79. The zero-order valence-corrected chi connectivity index (χ0v) is 12.2. The van der Waals surface area contributed by atoms with Crippen LogP contribution in [0, 0.1) is 11.6 Å². The van der Waals surface area contributed by atoms with Crippen molar-refractivity contribution in [3.8, 4) is 0 Å². The molecule has 0 saturated carbocycles. The second-order valence-electron chi connectivity index (χ2n) is 5.10. The Bertz CT molecular complexity index is 541. The molecule has 0 atom stereocenters. The Kier molecular flexibility index (Phi) is 5.48. The van der Waals surface area contributed by atoms with Gasteiger partial charge in [0.05, 0.1) is 0 Å². The topological polar surface area (TPSA) is 78.4 Å². The van der Waals surface area contributed by atoms with Crippen LogP contribution < -0.4 is 10.6 Å². The summed E-state index contributed by atoms with van der Waals surface area (Å²) in [5.74, 6) is -3.00. The predicted octanol–water partition coefficient (Wildman–Crippen LogP) is 3.38. The highest BCUT2D eigenvalue weighted by Gasteiger charge is 2.23. The van der Waals surface area contributed by atoms with E-state index >= 15 is 0 Å². The predicted molar refractivity (Wildman–Crippen MR) is 74.5 cm³/mol. The van der Waals surface area contributed by atoms with E-state index in [1.807, 2.05) is 5.32 Å². The second kappa shape index (κ2) is 6.71. The van der Waals surface area contributed by atoms with Crippen molar-refractivity contribution < 1.29 is 23.5 Å². The van der Waals surface area contributed by atoms with Gasteiger partial charge in [-0.05, 0) is 32.4 Å². The number of benzene rings is 1. The van der Waals surface area contributed by atoms with Crippen molar-refractivity contribution in [3.05, 3.63) is 28.8 Å². The van der Waals surface area contributed by atoms with Crippen LogP contribution in [0.5, 0.6) is 0 Å². The average molecular weight is 321 g/mol. The van der Waals surface area contributed by atoms with Gasteiger partial charge in [0.1, 0.15) is 5.69 Å². The molecule has 0 bridgehead atoms. The van der Waals surface area contributed by atoms with E-state index in [0.29, 0.717) is 0 Å². The lowest BCUT2D eigenvalue weighted by molar-refractivity contribution is -0.137. The highest BCUT2D eigenvalue weighted by atomic mass is 35.5. The molecular weight excluding hydrogens is 306 g/mol. The summed E-state index contributed by atoms with van der Waals surface area (Å²) in [7, 11) is 0. The number of carbonyl (C=O) groups excluding carboxylic acids is 1. The van der Waals surface area contributed by atoms with Gasteiger partial charge >= 0.3 is 12.0 Å². The molecule has 0 aliphatic heterocycles. The van der Waals surface area contributed by atoms with Gasteiger partial charge in [-0.1, -0.05) is 11.6 Å². The van der Waals surface area contributed by atoms with Crippen molar-refractivity contribution in [1.29, 1.82) is 0 Å². The first-order chi connectivity index (χ1) is 9.60. The number of anilines is 1. The van der Waals surface area contributed by atoms with Crippen LogP contribution in [0.3, 0.4) is 0 Å². The molecule has 0 saturated heterocycles. The minimum Gasteiger partial charge on any atom is -0.481 e. The van der Waals surface area contributed by atoms with Crippen molar-refractivity contribution in [2.45, 2.75) is 32.2 Å². The number of rotatable bonds is 5. The van der Waals surface area contributed by atoms with Gasteiger partial charge in [-0.25, -0.2) is 13.6 Å². The summed E-state index contributed by atoms with van der Waals surface area (Å²) in [6, 6.07) is 0.900. The van der Waals surface area contributed by atoms with Crippen LogP contribution in [0.25, 0.3) is 0 Å². The molecule has 21 heavy (non-hydrogen) atoms. The molecule has 116 valence electrons. The lowest BCUT2D eigenvalue weighted by Crippen LogP contribution is -2.46. The number of carboxylic acids is 1. The molecule has 8 heteroatoms. The van der Waals surface area contributed by atoms with Gasteiger partial charge < -0.3 is 15.7 Å². The summed E-state index contributed by atoms with van der Waals surface area (Å²) >= 11 is 5.47. The lowest BCUT2D eigenvalue weighted by Gasteiger charge is -2.25. The molecule has 0 spiro atoms. The van der Waals surface area contributed by atoms with Crippen LogP contribution in [0.1, 0.15) is 26.7 Å². The number of hydrogen-bond donors (Lipinski definition) is 3. The minimum absolute atomic E-state index is 0.127. The molecule has 1 aromatic rings. The van der Waals surface area contributed by atoms with Gasteiger partial charge in [-0.3, -0.25) is 4.79 Å². The third kappa shape index (κ3) is 5.55. The summed E-state index contributed by atoms with van der Waals surface area (Å²) < 4.78 is 27.0. The number of carbonyl (C=O) groups is 2. The molecular formula is C13H15ClF2N2O3. The van der Waals surface area contributed by atoms with E-state index in [9.17, 15) is 18.4 Å². The smallest absolute Gasteiger partial charge is 0.319 e. The van der Waals surface area contributed by atoms with Crippen LogP contribution >= 0.6 is 11.6 Å². The summed E-state index contributed by atoms with van der Waals surface area (Å²) in [4.78, 5) is 22.2. The Morgan fingerprint density at radius 1 is 1.29 bits per heavy atom. The number of urea groups is 1. The number of hydrogen-bond acceptors (Lipinski definition) is 2. The normalized spacial score (nSPS) is 11.1. The molecule has 0 radical (unpaired) electrons. The van der Waals surface area contributed by atoms with E-state index < -0.39 is 34.9 Å². The molecule has 0 aromatic heterocycles. The molecule has 0 aliphatic carbocycles. The van der Waals surface area contributed by atoms with Gasteiger partial charge in [0.15, 0.2) is 11.6 Å². The van der Waals surface area contributed by atoms with E-state index in [0.717, 1.165) is 12.1 Å².